The zero-order valence-electron chi connectivity index (χ0n) is 12.3. The fourth-order valence-corrected chi connectivity index (χ4v) is 3.70. The highest BCUT2D eigenvalue weighted by Crippen LogP contribution is 2.39. The molecule has 0 radical (unpaired) electrons. The molecule has 0 aromatic rings. The predicted octanol–water partition coefficient (Wildman–Crippen LogP) is 1.15. The van der Waals surface area contributed by atoms with Crippen LogP contribution in [-0.2, 0) is 9.59 Å². The van der Waals surface area contributed by atoms with Gasteiger partial charge in [-0.25, -0.2) is 0 Å². The van der Waals surface area contributed by atoms with E-state index in [0.29, 0.717) is 25.9 Å². The zero-order chi connectivity index (χ0) is 14.6. The maximum atomic E-state index is 12.6. The second kappa shape index (κ2) is 6.57. The van der Waals surface area contributed by atoms with Crippen molar-refractivity contribution in [1.29, 1.82) is 0 Å². The van der Waals surface area contributed by atoms with Crippen LogP contribution in [0.4, 0.5) is 0 Å². The first-order valence-electron chi connectivity index (χ1n) is 7.87. The molecule has 0 spiro atoms. The minimum absolute atomic E-state index is 0.0467. The molecule has 1 saturated heterocycles. The van der Waals surface area contributed by atoms with Gasteiger partial charge in [0, 0.05) is 13.0 Å². The van der Waals surface area contributed by atoms with Crippen LogP contribution in [0.5, 0.6) is 0 Å². The molecule has 0 bridgehead atoms. The molecule has 1 unspecified atom stereocenters. The molecule has 5 nitrogen and oxygen atoms in total. The summed E-state index contributed by atoms with van der Waals surface area (Å²) in [7, 11) is 0. The molecule has 0 aromatic carbocycles. The highest BCUT2D eigenvalue weighted by molar-refractivity contribution is 5.87. The Morgan fingerprint density at radius 2 is 1.80 bits per heavy atom. The third-order valence-corrected chi connectivity index (χ3v) is 5.03. The van der Waals surface area contributed by atoms with E-state index in [4.69, 9.17) is 11.5 Å². The number of rotatable bonds is 4. The Balaban J connectivity index is 2.03. The molecule has 114 valence electrons. The SMILES string of the molecule is NCC1(CC(=O)N2CCCCC2C(N)=O)CCCCC1. The van der Waals surface area contributed by atoms with Crippen molar-refractivity contribution in [2.45, 2.75) is 63.8 Å². The van der Waals surface area contributed by atoms with Crippen LogP contribution in [0.3, 0.4) is 0 Å². The summed E-state index contributed by atoms with van der Waals surface area (Å²) in [5, 5.41) is 0. The lowest BCUT2D eigenvalue weighted by Crippen LogP contribution is -2.52. The van der Waals surface area contributed by atoms with Gasteiger partial charge in [-0.3, -0.25) is 9.59 Å². The van der Waals surface area contributed by atoms with E-state index in [1.807, 2.05) is 0 Å². The summed E-state index contributed by atoms with van der Waals surface area (Å²) in [6.45, 7) is 1.22. The lowest BCUT2D eigenvalue weighted by Gasteiger charge is -2.40. The van der Waals surface area contributed by atoms with Gasteiger partial charge in [-0.1, -0.05) is 19.3 Å². The molecular weight excluding hydrogens is 254 g/mol. The Bertz CT molecular complexity index is 364. The van der Waals surface area contributed by atoms with Crippen molar-refractivity contribution >= 4 is 11.8 Å². The van der Waals surface area contributed by atoms with E-state index >= 15 is 0 Å². The first kappa shape index (κ1) is 15.3. The van der Waals surface area contributed by atoms with E-state index < -0.39 is 6.04 Å². The molecule has 1 saturated carbocycles. The Kier molecular flexibility index (Phi) is 5.02. The second-order valence-corrected chi connectivity index (χ2v) is 6.44. The van der Waals surface area contributed by atoms with E-state index in [-0.39, 0.29) is 17.2 Å². The van der Waals surface area contributed by atoms with Crippen LogP contribution in [0.1, 0.15) is 57.8 Å². The summed E-state index contributed by atoms with van der Waals surface area (Å²) in [5.74, 6) is -0.302. The zero-order valence-corrected chi connectivity index (χ0v) is 12.3. The molecule has 2 rings (SSSR count). The topological polar surface area (TPSA) is 89.4 Å². The number of hydrogen-bond donors (Lipinski definition) is 2. The number of amides is 2. The van der Waals surface area contributed by atoms with Gasteiger partial charge in [0.25, 0.3) is 0 Å². The third kappa shape index (κ3) is 3.32. The molecule has 1 atom stereocenters. The quantitative estimate of drug-likeness (QED) is 0.810. The van der Waals surface area contributed by atoms with Crippen LogP contribution < -0.4 is 11.5 Å². The number of carbonyl (C=O) groups excluding carboxylic acids is 2. The van der Waals surface area contributed by atoms with Crippen molar-refractivity contribution in [3.8, 4) is 0 Å². The lowest BCUT2D eigenvalue weighted by atomic mass is 9.71. The molecule has 1 heterocycles. The Morgan fingerprint density at radius 3 is 2.40 bits per heavy atom. The molecule has 1 aliphatic carbocycles. The summed E-state index contributed by atoms with van der Waals surface area (Å²) in [6.07, 6.45) is 8.74. The molecule has 20 heavy (non-hydrogen) atoms. The number of primary amides is 1. The highest BCUT2D eigenvalue weighted by atomic mass is 16.2. The number of piperidine rings is 1. The lowest BCUT2D eigenvalue weighted by molar-refractivity contribution is -0.143. The molecule has 2 aliphatic rings. The van der Waals surface area contributed by atoms with Crippen LogP contribution in [0.15, 0.2) is 0 Å². The summed E-state index contributed by atoms with van der Waals surface area (Å²) >= 11 is 0. The normalized spacial score (nSPS) is 26.2. The van der Waals surface area contributed by atoms with Gasteiger partial charge < -0.3 is 16.4 Å². The Hall–Kier alpha value is -1.10. The predicted molar refractivity (Wildman–Crippen MR) is 77.7 cm³/mol. The summed E-state index contributed by atoms with van der Waals surface area (Å²) in [5.41, 5.74) is 11.3. The molecule has 2 fully saturated rings. The molecule has 2 amide bonds. The highest BCUT2D eigenvalue weighted by Gasteiger charge is 2.37. The van der Waals surface area contributed by atoms with Gasteiger partial charge in [0.1, 0.15) is 6.04 Å². The van der Waals surface area contributed by atoms with E-state index in [1.165, 1.54) is 6.42 Å². The number of likely N-dealkylation sites (tertiary alicyclic amines) is 1. The number of carbonyl (C=O) groups is 2. The van der Waals surface area contributed by atoms with Crippen molar-refractivity contribution in [3.05, 3.63) is 0 Å². The average molecular weight is 281 g/mol. The molecule has 4 N–H and O–H groups in total. The van der Waals surface area contributed by atoms with Gasteiger partial charge in [0.05, 0.1) is 0 Å². The van der Waals surface area contributed by atoms with Gasteiger partial charge in [-0.2, -0.15) is 0 Å². The van der Waals surface area contributed by atoms with Gasteiger partial charge in [0.15, 0.2) is 0 Å². The van der Waals surface area contributed by atoms with E-state index in [2.05, 4.69) is 0 Å². The number of nitrogens with two attached hydrogens (primary N) is 2. The first-order valence-corrected chi connectivity index (χ1v) is 7.87. The average Bonchev–Trinajstić information content (AvgIpc) is 2.48. The molecule has 5 heteroatoms. The maximum absolute atomic E-state index is 12.6. The van der Waals surface area contributed by atoms with Crippen molar-refractivity contribution < 1.29 is 9.59 Å². The summed E-state index contributed by atoms with van der Waals surface area (Å²) in [4.78, 5) is 25.8. The van der Waals surface area contributed by atoms with Crippen LogP contribution >= 0.6 is 0 Å². The largest absolute Gasteiger partial charge is 0.368 e. The van der Waals surface area contributed by atoms with Crippen molar-refractivity contribution in [2.24, 2.45) is 16.9 Å². The maximum Gasteiger partial charge on any atom is 0.240 e. The van der Waals surface area contributed by atoms with Crippen molar-refractivity contribution in [3.63, 3.8) is 0 Å². The molecule has 1 aliphatic heterocycles. The van der Waals surface area contributed by atoms with Crippen molar-refractivity contribution in [2.75, 3.05) is 13.1 Å². The Labute approximate surface area is 121 Å². The van der Waals surface area contributed by atoms with Gasteiger partial charge >= 0.3 is 0 Å². The Morgan fingerprint density at radius 1 is 1.10 bits per heavy atom. The van der Waals surface area contributed by atoms with Gasteiger partial charge in [-0.05, 0) is 44.1 Å². The van der Waals surface area contributed by atoms with Crippen molar-refractivity contribution in [1.82, 2.24) is 4.90 Å². The van der Waals surface area contributed by atoms with Crippen LogP contribution in [0, 0.1) is 5.41 Å². The summed E-state index contributed by atoms with van der Waals surface area (Å²) in [6, 6.07) is -0.408. The van der Waals surface area contributed by atoms with Crippen LogP contribution in [0.25, 0.3) is 0 Å². The monoisotopic (exact) mass is 281 g/mol. The first-order chi connectivity index (χ1) is 9.58. The minimum atomic E-state index is -0.408. The van der Waals surface area contributed by atoms with E-state index in [0.717, 1.165) is 38.5 Å². The van der Waals surface area contributed by atoms with Gasteiger partial charge in [-0.15, -0.1) is 0 Å². The van der Waals surface area contributed by atoms with E-state index in [1.54, 1.807) is 4.90 Å². The smallest absolute Gasteiger partial charge is 0.240 e. The molecular formula is C15H27N3O2. The number of nitrogens with zero attached hydrogens (tertiary/aromatic N) is 1. The van der Waals surface area contributed by atoms with Crippen LogP contribution in [-0.4, -0.2) is 35.8 Å². The standard InChI is InChI=1S/C15H27N3O2/c16-11-15(7-3-1-4-8-15)10-13(19)18-9-5-2-6-12(18)14(17)20/h12H,1-11,16H2,(H2,17,20). The fraction of sp³-hybridized carbons (Fsp3) is 0.867. The van der Waals surface area contributed by atoms with Crippen LogP contribution in [0.2, 0.25) is 0 Å². The van der Waals surface area contributed by atoms with Gasteiger partial charge in [0.2, 0.25) is 11.8 Å². The number of hydrogen-bond acceptors (Lipinski definition) is 3. The van der Waals surface area contributed by atoms with E-state index in [9.17, 15) is 9.59 Å². The third-order valence-electron chi connectivity index (χ3n) is 5.03. The second-order valence-electron chi connectivity index (χ2n) is 6.44. The summed E-state index contributed by atoms with van der Waals surface area (Å²) < 4.78 is 0. The minimum Gasteiger partial charge on any atom is -0.368 e. The fourth-order valence-electron chi connectivity index (χ4n) is 3.70. The molecule has 0 aromatic heterocycles.